The van der Waals surface area contributed by atoms with Crippen molar-refractivity contribution >= 4 is 5.91 Å². The van der Waals surface area contributed by atoms with Crippen LogP contribution in [-0.4, -0.2) is 24.6 Å². The van der Waals surface area contributed by atoms with Gasteiger partial charge in [-0.2, -0.15) is 26.3 Å². The zero-order valence-corrected chi connectivity index (χ0v) is 18.3. The Morgan fingerprint density at radius 1 is 0.971 bits per heavy atom. The van der Waals surface area contributed by atoms with Crippen LogP contribution in [0.15, 0.2) is 48.5 Å². The van der Waals surface area contributed by atoms with E-state index >= 15 is 0 Å². The third-order valence-corrected chi connectivity index (χ3v) is 6.68. The number of β-lactam (4-membered cyclic amide) rings is 1. The first-order valence-electron chi connectivity index (χ1n) is 10.8. The molecule has 3 unspecified atom stereocenters. The molecular weight excluding hydrogens is 462 g/mol. The molecule has 0 radical (unpaired) electrons. The lowest BCUT2D eigenvalue weighted by molar-refractivity contribution is -0.143. The Kier molecular flexibility index (Phi) is 6.18. The Morgan fingerprint density at radius 3 is 2.03 bits per heavy atom. The molecule has 3 atom stereocenters. The van der Waals surface area contributed by atoms with Crippen molar-refractivity contribution in [2.45, 2.75) is 55.7 Å². The lowest BCUT2D eigenvalue weighted by atomic mass is 9.72. The van der Waals surface area contributed by atoms with E-state index in [1.165, 1.54) is 6.92 Å². The number of benzene rings is 2. The number of hydrogen-bond donors (Lipinski definition) is 2. The number of carbonyl (C=O) groups is 1. The van der Waals surface area contributed by atoms with Crippen LogP contribution in [0.2, 0.25) is 0 Å². The van der Waals surface area contributed by atoms with E-state index < -0.39 is 35.1 Å². The molecule has 2 aliphatic rings. The molecule has 2 N–H and O–H groups in total. The van der Waals surface area contributed by atoms with E-state index in [0.717, 1.165) is 5.56 Å². The van der Waals surface area contributed by atoms with Gasteiger partial charge in [0.25, 0.3) is 0 Å². The molecular formula is C24H24F6N2O2. The third kappa shape index (κ3) is 4.93. The first-order chi connectivity index (χ1) is 15.8. The van der Waals surface area contributed by atoms with Crippen LogP contribution in [0, 0.1) is 0 Å². The van der Waals surface area contributed by atoms with E-state index in [1.807, 2.05) is 30.3 Å². The number of nitrogens with one attached hydrogen (secondary N) is 2. The molecule has 184 valence electrons. The molecule has 2 fully saturated rings. The lowest BCUT2D eigenvalue weighted by Gasteiger charge is -2.51. The van der Waals surface area contributed by atoms with Gasteiger partial charge < -0.3 is 15.4 Å². The summed E-state index contributed by atoms with van der Waals surface area (Å²) in [4.78, 5) is 11.4. The Morgan fingerprint density at radius 2 is 1.56 bits per heavy atom. The summed E-state index contributed by atoms with van der Waals surface area (Å²) in [5, 5.41) is 6.36. The molecule has 0 saturated carbocycles. The van der Waals surface area contributed by atoms with Crippen molar-refractivity contribution in [3.8, 4) is 0 Å². The molecule has 2 aliphatic heterocycles. The van der Waals surface area contributed by atoms with E-state index in [2.05, 4.69) is 10.6 Å². The van der Waals surface area contributed by atoms with Gasteiger partial charge in [-0.3, -0.25) is 4.79 Å². The monoisotopic (exact) mass is 486 g/mol. The highest BCUT2D eigenvalue weighted by Gasteiger charge is 2.50. The fourth-order valence-corrected chi connectivity index (χ4v) is 4.60. The SMILES string of the molecule is CC(OCC1(c2ccccc2)CCC2(CN1)CC(=O)N2)c1cc(C(F)(F)F)cc(C(F)(F)F)c1. The summed E-state index contributed by atoms with van der Waals surface area (Å²) in [7, 11) is 0. The van der Waals surface area contributed by atoms with Gasteiger partial charge in [0, 0.05) is 6.54 Å². The summed E-state index contributed by atoms with van der Waals surface area (Å²) >= 11 is 0. The second-order valence-corrected chi connectivity index (χ2v) is 9.10. The van der Waals surface area contributed by atoms with Crippen molar-refractivity contribution in [2.75, 3.05) is 13.2 Å². The van der Waals surface area contributed by atoms with Gasteiger partial charge in [0.2, 0.25) is 5.91 Å². The van der Waals surface area contributed by atoms with Crippen molar-refractivity contribution in [1.82, 2.24) is 10.6 Å². The second-order valence-electron chi connectivity index (χ2n) is 9.10. The van der Waals surface area contributed by atoms with Crippen molar-refractivity contribution in [2.24, 2.45) is 0 Å². The van der Waals surface area contributed by atoms with Gasteiger partial charge in [-0.25, -0.2) is 0 Å². The molecule has 0 bridgehead atoms. The van der Waals surface area contributed by atoms with Crippen LogP contribution < -0.4 is 10.6 Å². The van der Waals surface area contributed by atoms with Crippen LogP contribution in [-0.2, 0) is 27.4 Å². The van der Waals surface area contributed by atoms with E-state index in [9.17, 15) is 31.1 Å². The topological polar surface area (TPSA) is 50.4 Å². The number of hydrogen-bond acceptors (Lipinski definition) is 3. The highest BCUT2D eigenvalue weighted by molar-refractivity contribution is 5.85. The van der Waals surface area contributed by atoms with Gasteiger partial charge in [-0.15, -0.1) is 0 Å². The predicted molar refractivity (Wildman–Crippen MR) is 112 cm³/mol. The van der Waals surface area contributed by atoms with Gasteiger partial charge in [0.15, 0.2) is 0 Å². The molecule has 4 rings (SSSR count). The van der Waals surface area contributed by atoms with E-state index in [0.29, 0.717) is 37.9 Å². The first kappa shape index (κ1) is 24.5. The van der Waals surface area contributed by atoms with Gasteiger partial charge in [-0.05, 0) is 49.1 Å². The van der Waals surface area contributed by atoms with Crippen LogP contribution in [0.4, 0.5) is 26.3 Å². The molecule has 2 aromatic rings. The minimum absolute atomic E-state index is 0.0242. The van der Waals surface area contributed by atoms with Gasteiger partial charge >= 0.3 is 12.4 Å². The molecule has 2 aromatic carbocycles. The molecule has 1 spiro atoms. The Bertz CT molecular complexity index is 1000. The van der Waals surface area contributed by atoms with Crippen LogP contribution in [0.5, 0.6) is 0 Å². The molecule has 0 aliphatic carbocycles. The lowest BCUT2D eigenvalue weighted by Crippen LogP contribution is -2.71. The van der Waals surface area contributed by atoms with Crippen molar-refractivity contribution in [1.29, 1.82) is 0 Å². The number of carbonyl (C=O) groups excluding carboxylic acids is 1. The zero-order chi connectivity index (χ0) is 24.8. The van der Waals surface area contributed by atoms with E-state index in [-0.39, 0.29) is 29.7 Å². The van der Waals surface area contributed by atoms with Crippen molar-refractivity contribution < 1.29 is 35.9 Å². The maximum absolute atomic E-state index is 13.2. The van der Waals surface area contributed by atoms with Crippen LogP contribution in [0.1, 0.15) is 54.5 Å². The second kappa shape index (κ2) is 8.57. The number of piperidine rings is 1. The Hall–Kier alpha value is -2.59. The minimum Gasteiger partial charge on any atom is -0.372 e. The molecule has 0 aromatic heterocycles. The zero-order valence-electron chi connectivity index (χ0n) is 18.3. The average molecular weight is 486 g/mol. The number of ether oxygens (including phenoxy) is 1. The summed E-state index contributed by atoms with van der Waals surface area (Å²) in [6.45, 7) is 1.94. The number of rotatable bonds is 5. The van der Waals surface area contributed by atoms with E-state index in [1.54, 1.807) is 0 Å². The highest BCUT2D eigenvalue weighted by atomic mass is 19.4. The summed E-state index contributed by atoms with van der Waals surface area (Å²) < 4.78 is 85.4. The van der Waals surface area contributed by atoms with Crippen molar-refractivity contribution in [3.63, 3.8) is 0 Å². The van der Waals surface area contributed by atoms with E-state index in [4.69, 9.17) is 4.74 Å². The maximum atomic E-state index is 13.2. The van der Waals surface area contributed by atoms with Gasteiger partial charge in [0.05, 0.1) is 41.3 Å². The Balaban J connectivity index is 1.57. The fraction of sp³-hybridized carbons (Fsp3) is 0.458. The minimum atomic E-state index is -4.92. The molecule has 10 heteroatoms. The smallest absolute Gasteiger partial charge is 0.372 e. The summed E-state index contributed by atoms with van der Waals surface area (Å²) in [6, 6.07) is 10.8. The quantitative estimate of drug-likeness (QED) is 0.443. The highest BCUT2D eigenvalue weighted by Crippen LogP contribution is 2.41. The van der Waals surface area contributed by atoms with Crippen molar-refractivity contribution in [3.05, 3.63) is 70.8 Å². The number of halogens is 6. The van der Waals surface area contributed by atoms with Crippen LogP contribution >= 0.6 is 0 Å². The summed E-state index contributed by atoms with van der Waals surface area (Å²) in [5.74, 6) is -0.0242. The largest absolute Gasteiger partial charge is 0.416 e. The normalized spacial score (nSPS) is 26.1. The first-order valence-corrected chi connectivity index (χ1v) is 10.8. The fourth-order valence-electron chi connectivity index (χ4n) is 4.60. The van der Waals surface area contributed by atoms with Gasteiger partial charge in [0.1, 0.15) is 0 Å². The number of amides is 1. The molecule has 4 nitrogen and oxygen atoms in total. The maximum Gasteiger partial charge on any atom is 0.416 e. The average Bonchev–Trinajstić information content (AvgIpc) is 2.77. The third-order valence-electron chi connectivity index (χ3n) is 6.68. The van der Waals surface area contributed by atoms with Gasteiger partial charge in [-0.1, -0.05) is 30.3 Å². The summed E-state index contributed by atoms with van der Waals surface area (Å²) in [5.41, 5.74) is -3.08. The predicted octanol–water partition coefficient (Wildman–Crippen LogP) is 5.34. The molecule has 2 saturated heterocycles. The number of alkyl halides is 6. The standard InChI is InChI=1S/C24H24F6N2O2/c1-15(16-9-18(23(25,26)27)11-19(10-16)24(28,29)30)34-14-22(17-5-3-2-4-6-17)8-7-21(13-31-22)12-20(33)32-21/h2-6,9-11,15,31H,7-8,12-14H2,1H3,(H,32,33). The van der Waals surface area contributed by atoms with Crippen LogP contribution in [0.3, 0.4) is 0 Å². The molecule has 2 heterocycles. The molecule has 34 heavy (non-hydrogen) atoms. The van der Waals surface area contributed by atoms with Crippen LogP contribution in [0.25, 0.3) is 0 Å². The molecule has 1 amide bonds. The summed E-state index contributed by atoms with van der Waals surface area (Å²) in [6.07, 6.45) is -9.22. The Labute approximate surface area is 192 Å².